The number of carbonyl (C=O) groups excluding carboxylic acids is 1. The molecular formula is C13H14N4O2. The van der Waals surface area contributed by atoms with E-state index in [0.717, 1.165) is 17.7 Å². The van der Waals surface area contributed by atoms with Gasteiger partial charge in [-0.3, -0.25) is 4.79 Å². The quantitative estimate of drug-likeness (QED) is 0.776. The minimum absolute atomic E-state index is 0.107. The van der Waals surface area contributed by atoms with Gasteiger partial charge in [0.2, 0.25) is 5.89 Å². The summed E-state index contributed by atoms with van der Waals surface area (Å²) in [5, 5.41) is 3.66. The fourth-order valence-corrected chi connectivity index (χ4v) is 2.31. The number of rotatable bonds is 1. The lowest BCUT2D eigenvalue weighted by atomic mass is 9.98. The molecule has 1 aliphatic heterocycles. The van der Waals surface area contributed by atoms with E-state index in [-0.39, 0.29) is 11.7 Å². The van der Waals surface area contributed by atoms with Crippen LogP contribution in [0.1, 0.15) is 27.6 Å². The SMILES string of the molecule is Cc1nc(C(=O)N2CCc3cccc(N)c3C2)no1. The van der Waals surface area contributed by atoms with Crippen LogP contribution in [0.3, 0.4) is 0 Å². The molecule has 0 unspecified atom stereocenters. The number of fused-ring (bicyclic) bond motifs is 1. The first kappa shape index (κ1) is 11.7. The van der Waals surface area contributed by atoms with Gasteiger partial charge in [-0.05, 0) is 23.6 Å². The molecule has 6 heteroatoms. The molecule has 19 heavy (non-hydrogen) atoms. The zero-order chi connectivity index (χ0) is 13.4. The number of amides is 1. The Kier molecular flexibility index (Phi) is 2.70. The Labute approximate surface area is 110 Å². The number of benzene rings is 1. The third-order valence-electron chi connectivity index (χ3n) is 3.32. The van der Waals surface area contributed by atoms with Crippen molar-refractivity contribution in [2.24, 2.45) is 0 Å². The first-order chi connectivity index (χ1) is 9.15. The number of aromatic nitrogens is 2. The Morgan fingerprint density at radius 2 is 2.32 bits per heavy atom. The number of nitrogen functional groups attached to an aromatic ring is 1. The molecule has 1 amide bonds. The maximum absolute atomic E-state index is 12.2. The molecule has 0 radical (unpaired) electrons. The Morgan fingerprint density at radius 1 is 1.47 bits per heavy atom. The van der Waals surface area contributed by atoms with Crippen LogP contribution >= 0.6 is 0 Å². The van der Waals surface area contributed by atoms with Gasteiger partial charge >= 0.3 is 0 Å². The van der Waals surface area contributed by atoms with Crippen LogP contribution in [0.4, 0.5) is 5.69 Å². The van der Waals surface area contributed by atoms with Crippen molar-refractivity contribution in [3.63, 3.8) is 0 Å². The highest BCUT2D eigenvalue weighted by molar-refractivity contribution is 5.90. The molecule has 0 spiro atoms. The molecule has 2 aromatic rings. The zero-order valence-electron chi connectivity index (χ0n) is 10.6. The molecular weight excluding hydrogens is 244 g/mol. The second kappa shape index (κ2) is 4.38. The predicted molar refractivity (Wildman–Crippen MR) is 68.3 cm³/mol. The van der Waals surface area contributed by atoms with E-state index in [1.165, 1.54) is 5.56 Å². The van der Waals surface area contributed by atoms with Crippen molar-refractivity contribution in [3.05, 3.63) is 41.0 Å². The van der Waals surface area contributed by atoms with Crippen molar-refractivity contribution in [2.45, 2.75) is 19.9 Å². The molecule has 1 aliphatic rings. The van der Waals surface area contributed by atoms with E-state index in [0.29, 0.717) is 19.0 Å². The van der Waals surface area contributed by atoms with Gasteiger partial charge < -0.3 is 15.2 Å². The zero-order valence-corrected chi connectivity index (χ0v) is 10.6. The fraction of sp³-hybridized carbons (Fsp3) is 0.308. The van der Waals surface area contributed by atoms with Gasteiger partial charge in [-0.25, -0.2) is 0 Å². The summed E-state index contributed by atoms with van der Waals surface area (Å²) in [6, 6.07) is 5.84. The lowest BCUT2D eigenvalue weighted by molar-refractivity contribution is 0.0719. The molecule has 0 bridgehead atoms. The number of hydrogen-bond acceptors (Lipinski definition) is 5. The molecule has 0 saturated carbocycles. The standard InChI is InChI=1S/C13H14N4O2/c1-8-15-12(16-19-8)13(18)17-6-5-9-3-2-4-11(14)10(9)7-17/h2-4H,5-7,14H2,1H3. The third kappa shape index (κ3) is 2.05. The van der Waals surface area contributed by atoms with Crippen molar-refractivity contribution in [1.82, 2.24) is 15.0 Å². The molecule has 6 nitrogen and oxygen atoms in total. The normalized spacial score (nSPS) is 14.3. The molecule has 1 aromatic carbocycles. The number of carbonyl (C=O) groups is 1. The second-order valence-electron chi connectivity index (χ2n) is 4.60. The molecule has 0 fully saturated rings. The predicted octanol–water partition coefficient (Wildman–Crippen LogP) is 1.16. The minimum atomic E-state index is -0.217. The Morgan fingerprint density at radius 3 is 3.05 bits per heavy atom. The summed E-state index contributed by atoms with van der Waals surface area (Å²) in [6.07, 6.45) is 0.795. The van der Waals surface area contributed by atoms with Crippen LogP contribution in [0.25, 0.3) is 0 Å². The number of aryl methyl sites for hydroxylation is 1. The second-order valence-corrected chi connectivity index (χ2v) is 4.60. The first-order valence-corrected chi connectivity index (χ1v) is 6.11. The highest BCUT2D eigenvalue weighted by atomic mass is 16.5. The van der Waals surface area contributed by atoms with Crippen molar-refractivity contribution >= 4 is 11.6 Å². The summed E-state index contributed by atoms with van der Waals surface area (Å²) in [5.74, 6) is 0.279. The minimum Gasteiger partial charge on any atom is -0.398 e. The van der Waals surface area contributed by atoms with Gasteiger partial charge in [0.15, 0.2) is 0 Å². The largest absolute Gasteiger partial charge is 0.398 e. The molecule has 2 N–H and O–H groups in total. The van der Waals surface area contributed by atoms with Gasteiger partial charge in [-0.1, -0.05) is 17.3 Å². The van der Waals surface area contributed by atoms with E-state index in [9.17, 15) is 4.79 Å². The van der Waals surface area contributed by atoms with Gasteiger partial charge in [0, 0.05) is 25.7 Å². The van der Waals surface area contributed by atoms with E-state index < -0.39 is 0 Å². The maximum atomic E-state index is 12.2. The number of nitrogens with zero attached hydrogens (tertiary/aromatic N) is 3. The van der Waals surface area contributed by atoms with Crippen molar-refractivity contribution in [1.29, 1.82) is 0 Å². The molecule has 0 saturated heterocycles. The summed E-state index contributed by atoms with van der Waals surface area (Å²) < 4.78 is 4.84. The van der Waals surface area contributed by atoms with Crippen LogP contribution in [0.5, 0.6) is 0 Å². The van der Waals surface area contributed by atoms with Gasteiger partial charge in [0.1, 0.15) is 0 Å². The van der Waals surface area contributed by atoms with Crippen molar-refractivity contribution in [2.75, 3.05) is 12.3 Å². The van der Waals surface area contributed by atoms with Crippen LogP contribution in [-0.2, 0) is 13.0 Å². The van der Waals surface area contributed by atoms with Crippen LogP contribution in [0, 0.1) is 6.92 Å². The molecule has 0 aliphatic carbocycles. The number of anilines is 1. The monoisotopic (exact) mass is 258 g/mol. The Hall–Kier alpha value is -2.37. The van der Waals surface area contributed by atoms with E-state index in [1.807, 2.05) is 18.2 Å². The number of nitrogens with two attached hydrogens (primary N) is 1. The summed E-state index contributed by atoms with van der Waals surface area (Å²) in [5.41, 5.74) is 8.90. The van der Waals surface area contributed by atoms with Crippen molar-refractivity contribution < 1.29 is 9.32 Å². The molecule has 3 rings (SSSR count). The van der Waals surface area contributed by atoms with Crippen LogP contribution in [0.15, 0.2) is 22.7 Å². The molecule has 2 heterocycles. The van der Waals surface area contributed by atoms with E-state index in [2.05, 4.69) is 10.1 Å². The number of hydrogen-bond donors (Lipinski definition) is 1. The average molecular weight is 258 g/mol. The molecule has 0 atom stereocenters. The van der Waals surface area contributed by atoms with Crippen molar-refractivity contribution in [3.8, 4) is 0 Å². The highest BCUT2D eigenvalue weighted by Crippen LogP contribution is 2.24. The summed E-state index contributed by atoms with van der Waals surface area (Å²) in [6.45, 7) is 2.80. The van der Waals surface area contributed by atoms with Crippen LogP contribution in [-0.4, -0.2) is 27.5 Å². The topological polar surface area (TPSA) is 85.2 Å². The lowest BCUT2D eigenvalue weighted by Crippen LogP contribution is -2.36. The Bertz CT molecular complexity index is 635. The fourth-order valence-electron chi connectivity index (χ4n) is 2.31. The van der Waals surface area contributed by atoms with E-state index in [4.69, 9.17) is 10.3 Å². The van der Waals surface area contributed by atoms with E-state index >= 15 is 0 Å². The molecule has 98 valence electrons. The first-order valence-electron chi connectivity index (χ1n) is 6.11. The van der Waals surface area contributed by atoms with Crippen LogP contribution < -0.4 is 5.73 Å². The van der Waals surface area contributed by atoms with Gasteiger partial charge in [0.25, 0.3) is 11.7 Å². The summed E-state index contributed by atoms with van der Waals surface area (Å²) >= 11 is 0. The Balaban J connectivity index is 1.86. The van der Waals surface area contributed by atoms with Crippen LogP contribution in [0.2, 0.25) is 0 Å². The maximum Gasteiger partial charge on any atom is 0.295 e. The lowest BCUT2D eigenvalue weighted by Gasteiger charge is -2.28. The summed E-state index contributed by atoms with van der Waals surface area (Å²) in [4.78, 5) is 17.9. The smallest absolute Gasteiger partial charge is 0.295 e. The van der Waals surface area contributed by atoms with Gasteiger partial charge in [0.05, 0.1) is 0 Å². The van der Waals surface area contributed by atoms with Gasteiger partial charge in [-0.2, -0.15) is 4.98 Å². The highest BCUT2D eigenvalue weighted by Gasteiger charge is 2.25. The third-order valence-corrected chi connectivity index (χ3v) is 3.32. The molecule has 1 aromatic heterocycles. The van der Waals surface area contributed by atoms with Gasteiger partial charge in [-0.15, -0.1) is 0 Å². The van der Waals surface area contributed by atoms with E-state index in [1.54, 1.807) is 11.8 Å². The average Bonchev–Trinajstić information content (AvgIpc) is 2.85. The summed E-state index contributed by atoms with van der Waals surface area (Å²) in [7, 11) is 0.